The molecule has 0 fully saturated rings. The second kappa shape index (κ2) is 8.56. The summed E-state index contributed by atoms with van der Waals surface area (Å²) in [5, 5.41) is 3.91. The summed E-state index contributed by atoms with van der Waals surface area (Å²) in [5.41, 5.74) is 2.76. The third-order valence-corrected chi connectivity index (χ3v) is 7.39. The Bertz CT molecular complexity index is 1300. The lowest BCUT2D eigenvalue weighted by atomic mass is 10.1. The van der Waals surface area contributed by atoms with E-state index in [4.69, 9.17) is 9.26 Å². The number of halogens is 1. The standard InChI is InChI=1S/C23H19BrN2O4S/c1-16-22(24)23(30-25-16)26(20-10-6-7-11-21(20)29-2)31(27,28)19-14-12-18(13-15-19)17-8-4-3-5-9-17/h3-15H,1-2H3. The van der Waals surface area contributed by atoms with Crippen LogP contribution in [-0.4, -0.2) is 20.7 Å². The normalized spacial score (nSPS) is 11.3. The van der Waals surface area contributed by atoms with Crippen molar-refractivity contribution in [1.29, 1.82) is 0 Å². The van der Waals surface area contributed by atoms with Gasteiger partial charge in [-0.05, 0) is 58.2 Å². The van der Waals surface area contributed by atoms with Gasteiger partial charge in [0.2, 0.25) is 0 Å². The van der Waals surface area contributed by atoms with Gasteiger partial charge in [-0.3, -0.25) is 0 Å². The molecule has 1 heterocycles. The summed E-state index contributed by atoms with van der Waals surface area (Å²) in [5.74, 6) is 0.432. The van der Waals surface area contributed by atoms with E-state index in [1.165, 1.54) is 7.11 Å². The highest BCUT2D eigenvalue weighted by atomic mass is 79.9. The molecule has 0 saturated heterocycles. The van der Waals surface area contributed by atoms with Crippen LogP contribution in [0, 0.1) is 6.92 Å². The van der Waals surface area contributed by atoms with Gasteiger partial charge in [-0.25, -0.2) is 8.42 Å². The first-order valence-electron chi connectivity index (χ1n) is 9.39. The monoisotopic (exact) mass is 498 g/mol. The van der Waals surface area contributed by atoms with E-state index in [1.54, 1.807) is 55.5 Å². The Morgan fingerprint density at radius 3 is 2.13 bits per heavy atom. The summed E-state index contributed by atoms with van der Waals surface area (Å²) in [7, 11) is -2.57. The molecule has 4 aromatic rings. The molecule has 8 heteroatoms. The Hall–Kier alpha value is -3.10. The molecule has 0 unspecified atom stereocenters. The Morgan fingerprint density at radius 1 is 0.903 bits per heavy atom. The molecular weight excluding hydrogens is 480 g/mol. The molecular formula is C23H19BrN2O4S. The first-order chi connectivity index (χ1) is 14.9. The summed E-state index contributed by atoms with van der Waals surface area (Å²) in [4.78, 5) is 0.110. The first kappa shape index (κ1) is 21.1. The molecule has 0 spiro atoms. The maximum absolute atomic E-state index is 13.8. The van der Waals surface area contributed by atoms with Gasteiger partial charge < -0.3 is 9.26 Å². The number of hydrogen-bond donors (Lipinski definition) is 0. The SMILES string of the molecule is COc1ccccc1N(c1onc(C)c1Br)S(=O)(=O)c1ccc(-c2ccccc2)cc1. The van der Waals surface area contributed by atoms with Crippen molar-refractivity contribution in [2.75, 3.05) is 11.4 Å². The molecule has 0 aliphatic rings. The third-order valence-electron chi connectivity index (χ3n) is 4.76. The van der Waals surface area contributed by atoms with Gasteiger partial charge in [0, 0.05) is 0 Å². The largest absolute Gasteiger partial charge is 0.495 e. The Kier molecular flexibility index (Phi) is 5.84. The number of anilines is 2. The van der Waals surface area contributed by atoms with Crippen LogP contribution in [0.5, 0.6) is 5.75 Å². The summed E-state index contributed by atoms with van der Waals surface area (Å²) in [6, 6.07) is 23.3. The maximum Gasteiger partial charge on any atom is 0.271 e. The van der Waals surface area contributed by atoms with E-state index < -0.39 is 10.0 Å². The minimum atomic E-state index is -4.06. The molecule has 0 amide bonds. The third kappa shape index (κ3) is 3.96. The van der Waals surface area contributed by atoms with Crippen molar-refractivity contribution in [3.05, 3.63) is 89.0 Å². The minimum absolute atomic E-state index is 0.0501. The van der Waals surface area contributed by atoms with Gasteiger partial charge in [0.05, 0.1) is 17.7 Å². The average molecular weight is 499 g/mol. The van der Waals surface area contributed by atoms with E-state index in [0.717, 1.165) is 15.4 Å². The molecule has 0 bridgehead atoms. The number of sulfonamides is 1. The van der Waals surface area contributed by atoms with Crippen molar-refractivity contribution in [3.8, 4) is 16.9 Å². The number of benzene rings is 3. The lowest BCUT2D eigenvalue weighted by Gasteiger charge is -2.23. The van der Waals surface area contributed by atoms with Crippen LogP contribution in [-0.2, 0) is 10.0 Å². The highest BCUT2D eigenvalue weighted by Crippen LogP contribution is 2.42. The van der Waals surface area contributed by atoms with Gasteiger partial charge in [-0.1, -0.05) is 59.8 Å². The van der Waals surface area contributed by atoms with Crippen LogP contribution in [0.25, 0.3) is 11.1 Å². The van der Waals surface area contributed by atoms with E-state index in [-0.39, 0.29) is 10.8 Å². The van der Waals surface area contributed by atoms with Gasteiger partial charge in [0.1, 0.15) is 15.9 Å². The van der Waals surface area contributed by atoms with E-state index in [0.29, 0.717) is 21.6 Å². The van der Waals surface area contributed by atoms with Gasteiger partial charge in [-0.2, -0.15) is 4.31 Å². The highest BCUT2D eigenvalue weighted by molar-refractivity contribution is 9.10. The fourth-order valence-corrected chi connectivity index (χ4v) is 5.06. The first-order valence-corrected chi connectivity index (χ1v) is 11.6. The molecule has 1 aromatic heterocycles. The Labute approximate surface area is 189 Å². The van der Waals surface area contributed by atoms with Crippen molar-refractivity contribution >= 4 is 37.5 Å². The van der Waals surface area contributed by atoms with Crippen LogP contribution in [0.3, 0.4) is 0 Å². The second-order valence-corrected chi connectivity index (χ2v) is 9.30. The fraction of sp³-hybridized carbons (Fsp3) is 0.0870. The second-order valence-electron chi connectivity index (χ2n) is 6.72. The number of ether oxygens (including phenoxy) is 1. The van der Waals surface area contributed by atoms with Crippen molar-refractivity contribution in [1.82, 2.24) is 5.16 Å². The van der Waals surface area contributed by atoms with Crippen molar-refractivity contribution in [2.45, 2.75) is 11.8 Å². The molecule has 3 aromatic carbocycles. The van der Waals surface area contributed by atoms with Gasteiger partial charge in [0.15, 0.2) is 0 Å². The maximum atomic E-state index is 13.8. The Morgan fingerprint density at radius 2 is 1.52 bits per heavy atom. The minimum Gasteiger partial charge on any atom is -0.495 e. The average Bonchev–Trinajstić information content (AvgIpc) is 3.13. The zero-order valence-electron chi connectivity index (χ0n) is 16.8. The quantitative estimate of drug-likeness (QED) is 0.328. The van der Waals surface area contributed by atoms with Crippen LogP contribution in [0.2, 0.25) is 0 Å². The molecule has 0 radical (unpaired) electrons. The molecule has 6 nitrogen and oxygen atoms in total. The van der Waals surface area contributed by atoms with Gasteiger partial charge in [-0.15, -0.1) is 0 Å². The molecule has 0 N–H and O–H groups in total. The zero-order valence-corrected chi connectivity index (χ0v) is 19.2. The van der Waals surface area contributed by atoms with E-state index in [2.05, 4.69) is 21.1 Å². The molecule has 0 aliphatic carbocycles. The van der Waals surface area contributed by atoms with Gasteiger partial charge >= 0.3 is 0 Å². The topological polar surface area (TPSA) is 72.6 Å². The molecule has 0 saturated carbocycles. The lowest BCUT2D eigenvalue weighted by molar-refractivity contribution is 0.410. The van der Waals surface area contributed by atoms with Crippen molar-refractivity contribution in [3.63, 3.8) is 0 Å². The van der Waals surface area contributed by atoms with Crippen LogP contribution in [0.4, 0.5) is 11.6 Å². The number of methoxy groups -OCH3 is 1. The van der Waals surface area contributed by atoms with Crippen molar-refractivity contribution < 1.29 is 17.7 Å². The summed E-state index contributed by atoms with van der Waals surface area (Å²) in [6.45, 7) is 1.72. The van der Waals surface area contributed by atoms with Crippen LogP contribution < -0.4 is 9.04 Å². The molecule has 4 rings (SSSR count). The smallest absolute Gasteiger partial charge is 0.271 e. The number of nitrogens with zero attached hydrogens (tertiary/aromatic N) is 2. The van der Waals surface area contributed by atoms with E-state index >= 15 is 0 Å². The Balaban J connectivity index is 1.85. The molecule has 0 atom stereocenters. The lowest BCUT2D eigenvalue weighted by Crippen LogP contribution is -2.26. The van der Waals surface area contributed by atoms with Crippen LogP contribution >= 0.6 is 15.9 Å². The number of para-hydroxylation sites is 2. The van der Waals surface area contributed by atoms with E-state index in [9.17, 15) is 8.42 Å². The zero-order chi connectivity index (χ0) is 22.0. The number of aromatic nitrogens is 1. The number of aryl methyl sites for hydroxylation is 1. The predicted molar refractivity (Wildman–Crippen MR) is 123 cm³/mol. The summed E-state index contributed by atoms with van der Waals surface area (Å²) < 4.78 is 39.9. The fourth-order valence-electron chi connectivity index (χ4n) is 3.17. The van der Waals surface area contributed by atoms with Crippen LogP contribution in [0.15, 0.2) is 92.8 Å². The van der Waals surface area contributed by atoms with E-state index in [1.807, 2.05) is 30.3 Å². The molecule has 31 heavy (non-hydrogen) atoms. The van der Waals surface area contributed by atoms with Gasteiger partial charge in [0.25, 0.3) is 15.9 Å². The van der Waals surface area contributed by atoms with Crippen molar-refractivity contribution in [2.24, 2.45) is 0 Å². The highest BCUT2D eigenvalue weighted by Gasteiger charge is 2.34. The summed E-state index contributed by atoms with van der Waals surface area (Å²) >= 11 is 3.40. The van der Waals surface area contributed by atoms with Crippen LogP contribution in [0.1, 0.15) is 5.69 Å². The molecule has 0 aliphatic heterocycles. The predicted octanol–water partition coefficient (Wildman–Crippen LogP) is 5.95. The summed E-state index contributed by atoms with van der Waals surface area (Å²) in [6.07, 6.45) is 0. The number of rotatable bonds is 6. The molecule has 158 valence electrons. The number of hydrogen-bond acceptors (Lipinski definition) is 5.